The lowest BCUT2D eigenvalue weighted by Crippen LogP contribution is -2.40. The van der Waals surface area contributed by atoms with Gasteiger partial charge in [-0.3, -0.25) is 4.90 Å². The summed E-state index contributed by atoms with van der Waals surface area (Å²) >= 11 is 0. The summed E-state index contributed by atoms with van der Waals surface area (Å²) in [5, 5.41) is 3.44. The number of nitrogens with one attached hydrogen (secondary N) is 1. The van der Waals surface area contributed by atoms with Crippen LogP contribution in [0.1, 0.15) is 39.0 Å². The van der Waals surface area contributed by atoms with Gasteiger partial charge in [0, 0.05) is 17.6 Å². The smallest absolute Gasteiger partial charge is 0.0182 e. The minimum absolute atomic E-state index is 0.510. The van der Waals surface area contributed by atoms with Crippen molar-refractivity contribution in [2.24, 2.45) is 0 Å². The second-order valence-corrected chi connectivity index (χ2v) is 5.06. The third-order valence-electron chi connectivity index (χ3n) is 4.41. The van der Waals surface area contributed by atoms with E-state index in [9.17, 15) is 0 Å². The van der Waals surface area contributed by atoms with Crippen LogP contribution in [0.15, 0.2) is 0 Å². The molecule has 2 fully saturated rings. The number of hydrogen-bond donors (Lipinski definition) is 1. The molecule has 13 heavy (non-hydrogen) atoms. The lowest BCUT2D eigenvalue weighted by Gasteiger charge is -2.33. The van der Waals surface area contributed by atoms with Gasteiger partial charge >= 0.3 is 0 Å². The molecule has 2 aliphatic heterocycles. The summed E-state index contributed by atoms with van der Waals surface area (Å²) in [6.45, 7) is 2.44. The van der Waals surface area contributed by atoms with Gasteiger partial charge in [0.25, 0.3) is 0 Å². The molecule has 0 aromatic carbocycles. The topological polar surface area (TPSA) is 15.3 Å². The molecule has 2 heterocycles. The normalized spacial score (nSPS) is 46.4. The van der Waals surface area contributed by atoms with Gasteiger partial charge in [0.1, 0.15) is 0 Å². The first-order chi connectivity index (χ1) is 6.15. The largest absolute Gasteiger partial charge is 0.317 e. The zero-order valence-electron chi connectivity index (χ0n) is 9.14. The molecule has 76 valence electrons. The molecular weight excluding hydrogens is 160 g/mol. The molecular formula is C11H22N2. The average Bonchev–Trinajstić information content (AvgIpc) is 2.30. The molecule has 2 bridgehead atoms. The predicted octanol–water partition coefficient (Wildman–Crippen LogP) is 1.61. The van der Waals surface area contributed by atoms with Gasteiger partial charge in [-0.05, 0) is 53.1 Å². The first-order valence-corrected chi connectivity index (χ1v) is 5.56. The molecule has 2 saturated heterocycles. The molecule has 3 atom stereocenters. The highest BCUT2D eigenvalue weighted by molar-refractivity contribution is 5.00. The Hall–Kier alpha value is -0.0800. The van der Waals surface area contributed by atoms with Crippen LogP contribution in [0, 0.1) is 0 Å². The van der Waals surface area contributed by atoms with Crippen molar-refractivity contribution in [3.8, 4) is 0 Å². The molecule has 0 aromatic heterocycles. The second kappa shape index (κ2) is 3.25. The highest BCUT2D eigenvalue weighted by Crippen LogP contribution is 2.40. The molecule has 2 rings (SSSR count). The number of nitrogens with zero attached hydrogens (tertiary/aromatic N) is 1. The Labute approximate surface area is 81.7 Å². The maximum atomic E-state index is 3.44. The van der Waals surface area contributed by atoms with Crippen molar-refractivity contribution in [1.82, 2.24) is 10.2 Å². The summed E-state index contributed by atoms with van der Waals surface area (Å²) in [4.78, 5) is 2.63. The lowest BCUT2D eigenvalue weighted by atomic mass is 9.89. The van der Waals surface area contributed by atoms with Gasteiger partial charge in [0.2, 0.25) is 0 Å². The molecule has 2 nitrogen and oxygen atoms in total. The molecule has 0 spiro atoms. The average molecular weight is 182 g/mol. The summed E-state index contributed by atoms with van der Waals surface area (Å²) in [6.07, 6.45) is 6.89. The van der Waals surface area contributed by atoms with Crippen molar-refractivity contribution >= 4 is 0 Å². The molecule has 2 heteroatoms. The molecule has 1 N–H and O–H groups in total. The van der Waals surface area contributed by atoms with Crippen LogP contribution in [-0.4, -0.2) is 36.6 Å². The van der Waals surface area contributed by atoms with E-state index >= 15 is 0 Å². The summed E-state index contributed by atoms with van der Waals surface area (Å²) < 4.78 is 0. The molecule has 3 unspecified atom stereocenters. The van der Waals surface area contributed by atoms with Crippen molar-refractivity contribution in [2.45, 2.75) is 56.7 Å². The minimum atomic E-state index is 0.510. The number of fused-ring (bicyclic) bond motifs is 2. The van der Waals surface area contributed by atoms with E-state index in [-0.39, 0.29) is 0 Å². The summed E-state index contributed by atoms with van der Waals surface area (Å²) in [6, 6.07) is 1.60. The highest BCUT2D eigenvalue weighted by atomic mass is 15.2. The van der Waals surface area contributed by atoms with Crippen LogP contribution in [0.2, 0.25) is 0 Å². The van der Waals surface area contributed by atoms with Gasteiger partial charge in [-0.2, -0.15) is 0 Å². The van der Waals surface area contributed by atoms with Crippen molar-refractivity contribution in [3.05, 3.63) is 0 Å². The Bertz CT molecular complexity index is 193. The van der Waals surface area contributed by atoms with Crippen LogP contribution in [0.4, 0.5) is 0 Å². The Balaban J connectivity index is 2.12. The monoisotopic (exact) mass is 182 g/mol. The van der Waals surface area contributed by atoms with E-state index in [1.165, 1.54) is 32.1 Å². The van der Waals surface area contributed by atoms with Gasteiger partial charge in [0.15, 0.2) is 0 Å². The van der Waals surface area contributed by atoms with E-state index in [0.717, 1.165) is 12.1 Å². The van der Waals surface area contributed by atoms with Crippen LogP contribution in [0.3, 0.4) is 0 Å². The molecule has 0 saturated carbocycles. The fourth-order valence-corrected chi connectivity index (χ4v) is 3.06. The zero-order chi connectivity index (χ0) is 9.47. The summed E-state index contributed by atoms with van der Waals surface area (Å²) in [5.74, 6) is 0. The molecule has 0 amide bonds. The van der Waals surface area contributed by atoms with Crippen LogP contribution < -0.4 is 5.32 Å². The van der Waals surface area contributed by atoms with Crippen molar-refractivity contribution < 1.29 is 0 Å². The van der Waals surface area contributed by atoms with Crippen LogP contribution in [0.5, 0.6) is 0 Å². The second-order valence-electron chi connectivity index (χ2n) is 5.06. The molecule has 0 aromatic rings. The molecule has 0 radical (unpaired) electrons. The number of rotatable bonds is 1. The standard InChI is InChI=1S/C11H22N2/c1-11-6-4-9(12-2)8-10(5-7-11)13(11)3/h9-10,12H,4-8H2,1-3H3. The van der Waals surface area contributed by atoms with Gasteiger partial charge in [-0.15, -0.1) is 0 Å². The quantitative estimate of drug-likeness (QED) is 0.663. The summed E-state index contributed by atoms with van der Waals surface area (Å²) in [5.41, 5.74) is 0.510. The maximum Gasteiger partial charge on any atom is 0.0182 e. The van der Waals surface area contributed by atoms with E-state index in [1.54, 1.807) is 0 Å². The highest BCUT2D eigenvalue weighted by Gasteiger charge is 2.43. The SMILES string of the molecule is CNC1CCC2(C)CCC(C1)N2C. The molecule has 0 aliphatic carbocycles. The predicted molar refractivity (Wildman–Crippen MR) is 55.9 cm³/mol. The first-order valence-electron chi connectivity index (χ1n) is 5.56. The number of hydrogen-bond acceptors (Lipinski definition) is 2. The van der Waals surface area contributed by atoms with Crippen LogP contribution in [-0.2, 0) is 0 Å². The van der Waals surface area contributed by atoms with Crippen molar-refractivity contribution in [2.75, 3.05) is 14.1 Å². The van der Waals surface area contributed by atoms with E-state index < -0.39 is 0 Å². The maximum absolute atomic E-state index is 3.44. The Morgan fingerprint density at radius 2 is 2.00 bits per heavy atom. The van der Waals surface area contributed by atoms with Crippen molar-refractivity contribution in [3.63, 3.8) is 0 Å². The van der Waals surface area contributed by atoms with Crippen LogP contribution in [0.25, 0.3) is 0 Å². The van der Waals surface area contributed by atoms with Crippen molar-refractivity contribution in [1.29, 1.82) is 0 Å². The van der Waals surface area contributed by atoms with Gasteiger partial charge in [-0.1, -0.05) is 0 Å². The first kappa shape index (κ1) is 9.47. The third kappa shape index (κ3) is 1.50. The van der Waals surface area contributed by atoms with Crippen LogP contribution >= 0.6 is 0 Å². The van der Waals surface area contributed by atoms with Gasteiger partial charge in [0.05, 0.1) is 0 Å². The fraction of sp³-hybridized carbons (Fsp3) is 1.00. The Morgan fingerprint density at radius 1 is 1.31 bits per heavy atom. The van der Waals surface area contributed by atoms with Gasteiger partial charge < -0.3 is 5.32 Å². The van der Waals surface area contributed by atoms with E-state index in [1.807, 2.05) is 0 Å². The van der Waals surface area contributed by atoms with E-state index in [4.69, 9.17) is 0 Å². The fourth-order valence-electron chi connectivity index (χ4n) is 3.06. The summed E-state index contributed by atoms with van der Waals surface area (Å²) in [7, 11) is 4.42. The lowest BCUT2D eigenvalue weighted by molar-refractivity contribution is 0.153. The molecule has 2 aliphatic rings. The Kier molecular flexibility index (Phi) is 2.37. The van der Waals surface area contributed by atoms with Gasteiger partial charge in [-0.25, -0.2) is 0 Å². The minimum Gasteiger partial charge on any atom is -0.317 e. The van der Waals surface area contributed by atoms with E-state index in [0.29, 0.717) is 5.54 Å². The third-order valence-corrected chi connectivity index (χ3v) is 4.41. The zero-order valence-corrected chi connectivity index (χ0v) is 9.14. The van der Waals surface area contributed by atoms with E-state index in [2.05, 4.69) is 31.2 Å². The Morgan fingerprint density at radius 3 is 2.69 bits per heavy atom.